The van der Waals surface area contributed by atoms with E-state index in [2.05, 4.69) is 10.3 Å². The van der Waals surface area contributed by atoms with Crippen LogP contribution in [-0.4, -0.2) is 20.8 Å². The molecule has 2 N–H and O–H groups in total. The molecule has 1 amide bonds. The van der Waals surface area contributed by atoms with E-state index in [1.807, 2.05) is 0 Å². The lowest BCUT2D eigenvalue weighted by Crippen LogP contribution is -2.32. The van der Waals surface area contributed by atoms with Crippen molar-refractivity contribution in [2.24, 2.45) is 0 Å². The number of hydrogen-bond acceptors (Lipinski definition) is 3. The molecule has 0 fully saturated rings. The Bertz CT molecular complexity index is 1160. The Morgan fingerprint density at radius 1 is 1.13 bits per heavy atom. The van der Waals surface area contributed by atoms with E-state index in [0.29, 0.717) is 6.07 Å². The SMILES string of the molecule is CC(NC(=O)O)c1nc2cccc(Cl)c2c(=O)n1-c1cc(C(F)F)cc(C(F)F)c1. The van der Waals surface area contributed by atoms with Gasteiger partial charge in [0.15, 0.2) is 0 Å². The van der Waals surface area contributed by atoms with Crippen molar-refractivity contribution in [2.75, 3.05) is 0 Å². The van der Waals surface area contributed by atoms with Crippen LogP contribution in [0, 0.1) is 0 Å². The summed E-state index contributed by atoms with van der Waals surface area (Å²) in [5.74, 6) is -0.177. The van der Waals surface area contributed by atoms with E-state index in [1.54, 1.807) is 0 Å². The van der Waals surface area contributed by atoms with Crippen LogP contribution in [0.15, 0.2) is 41.2 Å². The number of benzene rings is 2. The number of carboxylic acid groups (broad SMARTS) is 1. The summed E-state index contributed by atoms with van der Waals surface area (Å²) in [6.45, 7) is 1.37. The molecule has 0 saturated carbocycles. The van der Waals surface area contributed by atoms with Crippen molar-refractivity contribution in [3.63, 3.8) is 0 Å². The van der Waals surface area contributed by atoms with Gasteiger partial charge in [0.2, 0.25) is 0 Å². The van der Waals surface area contributed by atoms with Gasteiger partial charge in [-0.05, 0) is 37.3 Å². The minimum atomic E-state index is -3.08. The third-order valence-corrected chi connectivity index (χ3v) is 4.64. The van der Waals surface area contributed by atoms with E-state index in [0.717, 1.165) is 16.7 Å². The molecule has 0 aliphatic carbocycles. The summed E-state index contributed by atoms with van der Waals surface area (Å²) in [7, 11) is 0. The maximum absolute atomic E-state index is 13.3. The second-order valence-electron chi connectivity index (χ2n) is 6.37. The molecular weight excluding hydrogens is 430 g/mol. The van der Waals surface area contributed by atoms with Crippen molar-refractivity contribution in [3.05, 3.63) is 68.7 Å². The van der Waals surface area contributed by atoms with Gasteiger partial charge in [0, 0.05) is 11.1 Å². The number of amides is 1. The largest absolute Gasteiger partial charge is 0.465 e. The summed E-state index contributed by atoms with van der Waals surface area (Å²) in [4.78, 5) is 28.5. The van der Waals surface area contributed by atoms with E-state index >= 15 is 0 Å². The van der Waals surface area contributed by atoms with Crippen LogP contribution in [0.3, 0.4) is 0 Å². The van der Waals surface area contributed by atoms with Crippen molar-refractivity contribution < 1.29 is 27.5 Å². The van der Waals surface area contributed by atoms with Crippen molar-refractivity contribution in [1.82, 2.24) is 14.9 Å². The minimum absolute atomic E-state index is 0.0169. The van der Waals surface area contributed by atoms with Crippen LogP contribution in [0.5, 0.6) is 0 Å². The smallest absolute Gasteiger partial charge is 0.405 e. The monoisotopic (exact) mass is 443 g/mol. The van der Waals surface area contributed by atoms with E-state index in [9.17, 15) is 27.2 Å². The lowest BCUT2D eigenvalue weighted by Gasteiger charge is -2.20. The Balaban J connectivity index is 2.41. The number of nitrogens with one attached hydrogen (secondary N) is 1. The van der Waals surface area contributed by atoms with Gasteiger partial charge in [-0.15, -0.1) is 0 Å². The van der Waals surface area contributed by atoms with Gasteiger partial charge in [0.1, 0.15) is 5.82 Å². The molecule has 3 aromatic rings. The van der Waals surface area contributed by atoms with Gasteiger partial charge in [0.05, 0.1) is 27.7 Å². The van der Waals surface area contributed by atoms with Crippen LogP contribution in [0.4, 0.5) is 22.4 Å². The quantitative estimate of drug-likeness (QED) is 0.528. The minimum Gasteiger partial charge on any atom is -0.465 e. The Morgan fingerprint density at radius 3 is 2.27 bits per heavy atom. The molecule has 0 radical (unpaired) electrons. The molecule has 11 heteroatoms. The summed E-state index contributed by atoms with van der Waals surface area (Å²) in [5, 5.41) is 11.1. The molecule has 1 unspecified atom stereocenters. The fourth-order valence-corrected chi connectivity index (χ4v) is 3.29. The molecule has 1 aromatic heterocycles. The van der Waals surface area contributed by atoms with Crippen LogP contribution in [-0.2, 0) is 0 Å². The molecule has 158 valence electrons. The first-order valence-electron chi connectivity index (χ1n) is 8.52. The third kappa shape index (κ3) is 4.09. The highest BCUT2D eigenvalue weighted by Gasteiger charge is 2.23. The van der Waals surface area contributed by atoms with Crippen LogP contribution in [0.25, 0.3) is 16.6 Å². The van der Waals surface area contributed by atoms with Crippen molar-refractivity contribution in [3.8, 4) is 5.69 Å². The lowest BCUT2D eigenvalue weighted by atomic mass is 10.1. The maximum Gasteiger partial charge on any atom is 0.405 e. The molecule has 6 nitrogen and oxygen atoms in total. The Hall–Kier alpha value is -3.14. The van der Waals surface area contributed by atoms with Crippen molar-refractivity contribution >= 4 is 28.6 Å². The fraction of sp³-hybridized carbons (Fsp3) is 0.211. The number of rotatable bonds is 5. The molecule has 0 aliphatic rings. The zero-order valence-electron chi connectivity index (χ0n) is 15.2. The van der Waals surface area contributed by atoms with Gasteiger partial charge in [-0.2, -0.15) is 0 Å². The molecule has 1 heterocycles. The molecule has 0 aliphatic heterocycles. The summed E-state index contributed by atoms with van der Waals surface area (Å²) < 4.78 is 54.0. The molecule has 2 aromatic carbocycles. The van der Waals surface area contributed by atoms with Gasteiger partial charge in [-0.25, -0.2) is 27.3 Å². The first-order chi connectivity index (χ1) is 14.1. The van der Waals surface area contributed by atoms with Crippen LogP contribution >= 0.6 is 11.6 Å². The summed E-state index contributed by atoms with van der Waals surface area (Å²) >= 11 is 6.10. The Kier molecular flexibility index (Phi) is 5.97. The standard InChI is InChI=1S/C19H14ClF4N3O3/c1-8(25-19(29)30)17-26-13-4-2-3-12(20)14(13)18(28)27(17)11-6-9(15(21)22)5-10(7-11)16(23)24/h2-8,15-16,25H,1H3,(H,29,30). The number of hydrogen-bond donors (Lipinski definition) is 2. The van der Waals surface area contributed by atoms with Gasteiger partial charge < -0.3 is 10.4 Å². The number of halogens is 5. The Labute approximate surface area is 171 Å². The number of fused-ring (bicyclic) bond motifs is 1. The van der Waals surface area contributed by atoms with E-state index in [-0.39, 0.29) is 27.4 Å². The molecule has 0 spiro atoms. The van der Waals surface area contributed by atoms with Gasteiger partial charge in [-0.1, -0.05) is 17.7 Å². The Morgan fingerprint density at radius 2 is 1.73 bits per heavy atom. The second kappa shape index (κ2) is 8.31. The van der Waals surface area contributed by atoms with Gasteiger partial charge >= 0.3 is 6.09 Å². The van der Waals surface area contributed by atoms with Gasteiger partial charge in [-0.3, -0.25) is 9.36 Å². The second-order valence-corrected chi connectivity index (χ2v) is 6.78. The molecule has 0 saturated heterocycles. The highest BCUT2D eigenvalue weighted by atomic mass is 35.5. The summed E-state index contributed by atoms with van der Waals surface area (Å²) in [5.41, 5.74) is -2.43. The topological polar surface area (TPSA) is 84.2 Å². The number of aromatic nitrogens is 2. The zero-order chi connectivity index (χ0) is 22.2. The van der Waals surface area contributed by atoms with Crippen LogP contribution < -0.4 is 10.9 Å². The number of alkyl halides is 4. The van der Waals surface area contributed by atoms with Crippen LogP contribution in [0.1, 0.15) is 42.8 Å². The normalized spacial score (nSPS) is 12.5. The predicted octanol–water partition coefficient (Wildman–Crippen LogP) is 5.24. The first-order valence-corrected chi connectivity index (χ1v) is 8.90. The first kappa shape index (κ1) is 21.6. The summed E-state index contributed by atoms with van der Waals surface area (Å²) in [6, 6.07) is 5.71. The van der Waals surface area contributed by atoms with Crippen molar-refractivity contribution in [1.29, 1.82) is 0 Å². The van der Waals surface area contributed by atoms with E-state index < -0.39 is 41.7 Å². The molecule has 30 heavy (non-hydrogen) atoms. The lowest BCUT2D eigenvalue weighted by molar-refractivity contribution is 0.144. The predicted molar refractivity (Wildman–Crippen MR) is 102 cm³/mol. The fourth-order valence-electron chi connectivity index (χ4n) is 3.04. The molecule has 0 bridgehead atoms. The van der Waals surface area contributed by atoms with E-state index in [4.69, 9.17) is 16.7 Å². The molecule has 3 rings (SSSR count). The maximum atomic E-state index is 13.3. The third-order valence-electron chi connectivity index (χ3n) is 4.32. The molecular formula is C19H14ClF4N3O3. The van der Waals surface area contributed by atoms with E-state index in [1.165, 1.54) is 25.1 Å². The summed E-state index contributed by atoms with van der Waals surface area (Å²) in [6.07, 6.45) is -7.58. The average molecular weight is 444 g/mol. The van der Waals surface area contributed by atoms with Crippen LogP contribution in [0.2, 0.25) is 5.02 Å². The number of nitrogens with zero attached hydrogens (tertiary/aromatic N) is 2. The highest BCUT2D eigenvalue weighted by molar-refractivity contribution is 6.35. The molecule has 1 atom stereocenters. The average Bonchev–Trinajstić information content (AvgIpc) is 2.66. The van der Waals surface area contributed by atoms with Crippen molar-refractivity contribution in [2.45, 2.75) is 25.8 Å². The zero-order valence-corrected chi connectivity index (χ0v) is 16.0. The van der Waals surface area contributed by atoms with Gasteiger partial charge in [0.25, 0.3) is 18.4 Å². The highest BCUT2D eigenvalue weighted by Crippen LogP contribution is 2.30. The number of carbonyl (C=O) groups is 1.